The highest BCUT2D eigenvalue weighted by Crippen LogP contribution is 2.20. The molecule has 1 aromatic carbocycles. The smallest absolute Gasteiger partial charge is 0.0529 e. The molecule has 0 bridgehead atoms. The fourth-order valence-corrected chi connectivity index (χ4v) is 2.68. The summed E-state index contributed by atoms with van der Waals surface area (Å²) in [5, 5.41) is 0. The van der Waals surface area contributed by atoms with Gasteiger partial charge in [0.1, 0.15) is 0 Å². The first kappa shape index (κ1) is 12.4. The minimum Gasteiger partial charge on any atom is -0.254 e. The number of rotatable bonds is 3. The zero-order valence-electron chi connectivity index (χ0n) is 10.0. The first-order valence-corrected chi connectivity index (χ1v) is 6.65. The molecule has 1 atom stereocenters. The molecule has 15 heavy (non-hydrogen) atoms. The van der Waals surface area contributed by atoms with Gasteiger partial charge in [0.2, 0.25) is 0 Å². The zero-order chi connectivity index (χ0) is 11.5. The fraction of sp³-hybridized carbons (Fsp3) is 0.538. The molecular weight excluding hydrogens is 204 g/mol. The Hall–Kier alpha value is -0.630. The third-order valence-corrected chi connectivity index (χ3v) is 3.69. The largest absolute Gasteiger partial charge is 0.254 e. The maximum atomic E-state index is 11.9. The summed E-state index contributed by atoms with van der Waals surface area (Å²) in [6.45, 7) is 8.58. The predicted molar refractivity (Wildman–Crippen MR) is 66.5 cm³/mol. The van der Waals surface area contributed by atoms with Crippen LogP contribution in [0, 0.1) is 12.3 Å². The maximum absolute atomic E-state index is 11.9. The molecule has 1 nitrogen and oxygen atoms in total. The second-order valence-electron chi connectivity index (χ2n) is 5.17. The molecule has 0 radical (unpaired) electrons. The third kappa shape index (κ3) is 4.61. The van der Waals surface area contributed by atoms with Crippen molar-refractivity contribution in [1.29, 1.82) is 0 Å². The first-order chi connectivity index (χ1) is 6.88. The van der Waals surface area contributed by atoms with Crippen molar-refractivity contribution in [2.75, 3.05) is 5.75 Å². The van der Waals surface area contributed by atoms with Gasteiger partial charge in [0.05, 0.1) is 10.8 Å². The van der Waals surface area contributed by atoms with Crippen molar-refractivity contribution in [2.45, 2.75) is 39.0 Å². The predicted octanol–water partition coefficient (Wildman–Crippen LogP) is 3.54. The Morgan fingerprint density at radius 3 is 2.13 bits per heavy atom. The Labute approximate surface area is 95.4 Å². The van der Waals surface area contributed by atoms with Gasteiger partial charge in [0, 0.05) is 10.6 Å². The van der Waals surface area contributed by atoms with Gasteiger partial charge in [-0.3, -0.25) is 4.21 Å². The van der Waals surface area contributed by atoms with Crippen LogP contribution in [0.4, 0.5) is 0 Å². The Morgan fingerprint density at radius 1 is 1.13 bits per heavy atom. The van der Waals surface area contributed by atoms with Gasteiger partial charge in [0.25, 0.3) is 0 Å². The van der Waals surface area contributed by atoms with Gasteiger partial charge in [-0.25, -0.2) is 0 Å². The van der Waals surface area contributed by atoms with Crippen molar-refractivity contribution in [2.24, 2.45) is 5.41 Å². The van der Waals surface area contributed by atoms with E-state index in [9.17, 15) is 4.21 Å². The van der Waals surface area contributed by atoms with Gasteiger partial charge in [-0.15, -0.1) is 0 Å². The van der Waals surface area contributed by atoms with Gasteiger partial charge in [0.15, 0.2) is 0 Å². The van der Waals surface area contributed by atoms with Crippen molar-refractivity contribution in [3.8, 4) is 0 Å². The SMILES string of the molecule is Cc1ccc(S(=O)CCC(C)(C)C)cc1. The van der Waals surface area contributed by atoms with Crippen molar-refractivity contribution in [3.63, 3.8) is 0 Å². The molecule has 0 fully saturated rings. The maximum Gasteiger partial charge on any atom is 0.0529 e. The summed E-state index contributed by atoms with van der Waals surface area (Å²) in [6, 6.07) is 7.97. The molecule has 0 saturated heterocycles. The monoisotopic (exact) mass is 224 g/mol. The van der Waals surface area contributed by atoms with Crippen molar-refractivity contribution >= 4 is 10.8 Å². The van der Waals surface area contributed by atoms with E-state index in [0.717, 1.165) is 17.1 Å². The molecule has 0 amide bonds. The lowest BCUT2D eigenvalue weighted by atomic mass is 9.94. The lowest BCUT2D eigenvalue weighted by Gasteiger charge is -2.17. The summed E-state index contributed by atoms with van der Waals surface area (Å²) in [5.41, 5.74) is 1.48. The molecule has 2 heteroatoms. The number of benzene rings is 1. The molecular formula is C13H20OS. The highest BCUT2D eigenvalue weighted by molar-refractivity contribution is 7.85. The normalized spacial score (nSPS) is 13.9. The van der Waals surface area contributed by atoms with E-state index in [1.165, 1.54) is 5.56 Å². The van der Waals surface area contributed by atoms with E-state index in [4.69, 9.17) is 0 Å². The highest BCUT2D eigenvalue weighted by Gasteiger charge is 2.12. The highest BCUT2D eigenvalue weighted by atomic mass is 32.2. The Kier molecular flexibility index (Phi) is 4.09. The third-order valence-electron chi connectivity index (χ3n) is 2.32. The standard InChI is InChI=1S/C13H20OS/c1-11-5-7-12(8-6-11)15(14)10-9-13(2,3)4/h5-8H,9-10H2,1-4H3. The minimum absolute atomic E-state index is 0.264. The second-order valence-corrected chi connectivity index (χ2v) is 6.74. The quantitative estimate of drug-likeness (QED) is 0.767. The topological polar surface area (TPSA) is 17.1 Å². The lowest BCUT2D eigenvalue weighted by molar-refractivity contribution is 0.400. The average molecular weight is 224 g/mol. The molecule has 0 saturated carbocycles. The molecule has 84 valence electrons. The summed E-state index contributed by atoms with van der Waals surface area (Å²) < 4.78 is 11.9. The van der Waals surface area contributed by atoms with E-state index in [0.29, 0.717) is 0 Å². The van der Waals surface area contributed by atoms with Crippen LogP contribution >= 0.6 is 0 Å². The number of hydrogen-bond donors (Lipinski definition) is 0. The first-order valence-electron chi connectivity index (χ1n) is 5.33. The molecule has 1 unspecified atom stereocenters. The molecule has 0 N–H and O–H groups in total. The molecule has 0 heterocycles. The second kappa shape index (κ2) is 4.93. The Bertz CT molecular complexity index is 333. The molecule has 0 aliphatic rings. The van der Waals surface area contributed by atoms with E-state index >= 15 is 0 Å². The minimum atomic E-state index is -0.838. The van der Waals surface area contributed by atoms with Crippen molar-refractivity contribution < 1.29 is 4.21 Å². The molecule has 0 spiro atoms. The Morgan fingerprint density at radius 2 is 1.67 bits per heavy atom. The van der Waals surface area contributed by atoms with Crippen LogP contribution in [0.15, 0.2) is 29.2 Å². The molecule has 0 aromatic heterocycles. The van der Waals surface area contributed by atoms with Gasteiger partial charge < -0.3 is 0 Å². The summed E-state index contributed by atoms with van der Waals surface area (Å²) in [4.78, 5) is 0.949. The van der Waals surface area contributed by atoms with Crippen LogP contribution in [0.5, 0.6) is 0 Å². The van der Waals surface area contributed by atoms with E-state index in [-0.39, 0.29) is 5.41 Å². The molecule has 0 aliphatic heterocycles. The molecule has 1 aromatic rings. The summed E-state index contributed by atoms with van der Waals surface area (Å²) in [6.07, 6.45) is 0.994. The molecule has 1 rings (SSSR count). The van der Waals surface area contributed by atoms with Crippen LogP contribution in [0.25, 0.3) is 0 Å². The number of hydrogen-bond acceptors (Lipinski definition) is 1. The van der Waals surface area contributed by atoms with Crippen LogP contribution in [-0.4, -0.2) is 9.96 Å². The molecule has 0 aliphatic carbocycles. The van der Waals surface area contributed by atoms with E-state index < -0.39 is 10.8 Å². The van der Waals surface area contributed by atoms with Gasteiger partial charge >= 0.3 is 0 Å². The van der Waals surface area contributed by atoms with E-state index in [1.807, 2.05) is 31.2 Å². The van der Waals surface area contributed by atoms with Gasteiger partial charge in [-0.1, -0.05) is 38.5 Å². The van der Waals surface area contributed by atoms with Crippen molar-refractivity contribution in [3.05, 3.63) is 29.8 Å². The van der Waals surface area contributed by atoms with Gasteiger partial charge in [-0.2, -0.15) is 0 Å². The van der Waals surface area contributed by atoms with Crippen LogP contribution in [0.2, 0.25) is 0 Å². The van der Waals surface area contributed by atoms with Crippen LogP contribution in [0.1, 0.15) is 32.8 Å². The number of aryl methyl sites for hydroxylation is 1. The van der Waals surface area contributed by atoms with E-state index in [2.05, 4.69) is 20.8 Å². The summed E-state index contributed by atoms with van der Waals surface area (Å²) >= 11 is 0. The zero-order valence-corrected chi connectivity index (χ0v) is 10.9. The van der Waals surface area contributed by atoms with Crippen LogP contribution in [-0.2, 0) is 10.8 Å². The Balaban J connectivity index is 2.58. The lowest BCUT2D eigenvalue weighted by Crippen LogP contribution is -2.10. The van der Waals surface area contributed by atoms with Crippen molar-refractivity contribution in [1.82, 2.24) is 0 Å². The van der Waals surface area contributed by atoms with Crippen LogP contribution in [0.3, 0.4) is 0 Å². The summed E-state index contributed by atoms with van der Waals surface area (Å²) in [5.74, 6) is 0.757. The van der Waals surface area contributed by atoms with Crippen LogP contribution < -0.4 is 0 Å². The fourth-order valence-electron chi connectivity index (χ4n) is 1.21. The van der Waals surface area contributed by atoms with E-state index in [1.54, 1.807) is 0 Å². The average Bonchev–Trinajstić information content (AvgIpc) is 2.14. The van der Waals surface area contributed by atoms with Gasteiger partial charge in [-0.05, 0) is 30.9 Å². The summed E-state index contributed by atoms with van der Waals surface area (Å²) in [7, 11) is -0.838.